The number of rotatable bonds is 5. The van der Waals surface area contributed by atoms with Gasteiger partial charge in [-0.3, -0.25) is 9.10 Å². The van der Waals surface area contributed by atoms with Gasteiger partial charge in [0.2, 0.25) is 0 Å². The summed E-state index contributed by atoms with van der Waals surface area (Å²) >= 11 is 3.56. The van der Waals surface area contributed by atoms with E-state index in [4.69, 9.17) is 4.74 Å². The molecule has 7 heteroatoms. The van der Waals surface area contributed by atoms with Crippen LogP contribution >= 0.6 is 15.9 Å². The number of benzene rings is 3. The van der Waals surface area contributed by atoms with Gasteiger partial charge >= 0.3 is 5.97 Å². The van der Waals surface area contributed by atoms with Gasteiger partial charge in [0, 0.05) is 10.4 Å². The lowest BCUT2D eigenvalue weighted by molar-refractivity contribution is -0.152. The number of hydrogen-bond acceptors (Lipinski definition) is 4. The molecule has 5 nitrogen and oxygen atoms in total. The number of halogens is 1. The average molecular weight is 552 g/mol. The van der Waals surface area contributed by atoms with Gasteiger partial charge in [0.25, 0.3) is 10.0 Å². The molecule has 1 aliphatic heterocycles. The zero-order chi connectivity index (χ0) is 24.8. The number of carbonyl (C=O) groups is 1. The van der Waals surface area contributed by atoms with E-state index < -0.39 is 21.4 Å². The highest BCUT2D eigenvalue weighted by atomic mass is 79.9. The van der Waals surface area contributed by atoms with E-state index in [-0.39, 0.29) is 24.0 Å². The molecule has 0 saturated carbocycles. The van der Waals surface area contributed by atoms with Crippen LogP contribution in [0.4, 0.5) is 5.69 Å². The minimum atomic E-state index is -3.93. The summed E-state index contributed by atoms with van der Waals surface area (Å²) in [5.74, 6) is -0.639. The van der Waals surface area contributed by atoms with Crippen LogP contribution in [0.5, 0.6) is 0 Å². The van der Waals surface area contributed by atoms with E-state index in [1.165, 1.54) is 4.31 Å². The van der Waals surface area contributed by atoms with Gasteiger partial charge < -0.3 is 4.74 Å². The molecule has 35 heavy (non-hydrogen) atoms. The largest absolute Gasteiger partial charge is 0.465 e. The van der Waals surface area contributed by atoms with Crippen LogP contribution in [-0.4, -0.2) is 27.5 Å². The molecule has 3 aromatic rings. The molecular formula is C28H26BrNO4S. The topological polar surface area (TPSA) is 63.7 Å². The maximum atomic E-state index is 14.0. The van der Waals surface area contributed by atoms with E-state index in [1.54, 1.807) is 31.2 Å². The second kappa shape index (κ2) is 8.95. The fraction of sp³-hybridized carbons (Fsp3) is 0.250. The molecule has 0 spiro atoms. The Morgan fingerprint density at radius 3 is 2.49 bits per heavy atom. The van der Waals surface area contributed by atoms with Crippen LogP contribution in [0.15, 0.2) is 88.2 Å². The number of anilines is 1. The summed E-state index contributed by atoms with van der Waals surface area (Å²) in [6, 6.07) is 22.3. The van der Waals surface area contributed by atoms with Crippen LogP contribution in [0.3, 0.4) is 0 Å². The highest BCUT2D eigenvalue weighted by Crippen LogP contribution is 2.58. The highest BCUT2D eigenvalue weighted by molar-refractivity contribution is 9.10. The number of carbonyl (C=O) groups excluding carboxylic acids is 1. The van der Waals surface area contributed by atoms with E-state index in [9.17, 15) is 13.2 Å². The van der Waals surface area contributed by atoms with Crippen LogP contribution in [-0.2, 0) is 19.6 Å². The first-order valence-corrected chi connectivity index (χ1v) is 13.8. The molecule has 0 saturated heterocycles. The first-order valence-electron chi connectivity index (χ1n) is 11.6. The third kappa shape index (κ3) is 4.00. The molecule has 2 atom stereocenters. The Kier molecular flexibility index (Phi) is 6.09. The molecule has 0 N–H and O–H groups in total. The van der Waals surface area contributed by atoms with Gasteiger partial charge in [-0.15, -0.1) is 0 Å². The quantitative estimate of drug-likeness (QED) is 0.360. The molecule has 0 radical (unpaired) electrons. The first kappa shape index (κ1) is 23.8. The van der Waals surface area contributed by atoms with E-state index in [2.05, 4.69) is 15.9 Å². The third-order valence-corrected chi connectivity index (χ3v) is 9.19. The normalized spacial score (nSPS) is 21.2. The van der Waals surface area contributed by atoms with Crippen molar-refractivity contribution in [3.8, 4) is 0 Å². The molecule has 0 fully saturated rings. The Balaban J connectivity index is 1.72. The molecule has 180 valence electrons. The van der Waals surface area contributed by atoms with E-state index in [1.807, 2.05) is 61.5 Å². The second-order valence-electron chi connectivity index (χ2n) is 9.08. The molecule has 3 aromatic carbocycles. The van der Waals surface area contributed by atoms with Gasteiger partial charge in [-0.25, -0.2) is 8.42 Å². The van der Waals surface area contributed by atoms with Crippen molar-refractivity contribution in [2.75, 3.05) is 17.5 Å². The summed E-state index contributed by atoms with van der Waals surface area (Å²) in [6.45, 7) is 3.89. The molecule has 0 aromatic heterocycles. The molecule has 1 heterocycles. The van der Waals surface area contributed by atoms with E-state index in [0.29, 0.717) is 12.1 Å². The third-order valence-electron chi connectivity index (χ3n) is 6.93. The van der Waals surface area contributed by atoms with Gasteiger partial charge in [-0.1, -0.05) is 70.0 Å². The van der Waals surface area contributed by atoms with Gasteiger partial charge in [0.15, 0.2) is 0 Å². The number of aryl methyl sites for hydroxylation is 1. The monoisotopic (exact) mass is 551 g/mol. The summed E-state index contributed by atoms with van der Waals surface area (Å²) in [6.07, 6.45) is 2.57. The fourth-order valence-electron chi connectivity index (χ4n) is 5.21. The van der Waals surface area contributed by atoms with Crippen LogP contribution in [0.2, 0.25) is 0 Å². The molecule has 0 amide bonds. The summed E-state index contributed by atoms with van der Waals surface area (Å²) in [5.41, 5.74) is 3.30. The minimum Gasteiger partial charge on any atom is -0.465 e. The van der Waals surface area contributed by atoms with Gasteiger partial charge in [0.05, 0.1) is 23.7 Å². The lowest BCUT2D eigenvalue weighted by atomic mass is 9.71. The molecule has 1 aliphatic carbocycles. The zero-order valence-electron chi connectivity index (χ0n) is 19.6. The SMILES string of the molecule is CCOC(=O)[C@@]12C=C(c3ccccc3)C[C@H]1c1cc(Br)ccc1N(S(=O)(=O)c1ccc(C)cc1)C2. The zero-order valence-corrected chi connectivity index (χ0v) is 22.0. The molecule has 5 rings (SSSR count). The number of esters is 1. The van der Waals surface area contributed by atoms with Gasteiger partial charge in [0.1, 0.15) is 5.41 Å². The van der Waals surface area contributed by atoms with Crippen LogP contribution < -0.4 is 4.31 Å². The molecule has 0 unspecified atom stereocenters. The Morgan fingerprint density at radius 1 is 1.09 bits per heavy atom. The Hall–Kier alpha value is -2.90. The van der Waals surface area contributed by atoms with Crippen LogP contribution in [0, 0.1) is 12.3 Å². The Labute approximate surface area is 214 Å². The number of sulfonamides is 1. The maximum absolute atomic E-state index is 14.0. The van der Waals surface area contributed by atoms with E-state index >= 15 is 0 Å². The van der Waals surface area contributed by atoms with Crippen molar-refractivity contribution in [1.82, 2.24) is 0 Å². The van der Waals surface area contributed by atoms with Crippen molar-refractivity contribution in [3.05, 3.63) is 100 Å². The van der Waals surface area contributed by atoms with Gasteiger partial charge in [-0.2, -0.15) is 0 Å². The highest BCUT2D eigenvalue weighted by Gasteiger charge is 2.56. The minimum absolute atomic E-state index is 0.0162. The van der Waals surface area contributed by atoms with Crippen molar-refractivity contribution in [3.63, 3.8) is 0 Å². The fourth-order valence-corrected chi connectivity index (χ4v) is 7.13. The van der Waals surface area contributed by atoms with Crippen molar-refractivity contribution >= 4 is 43.2 Å². The summed E-state index contributed by atoms with van der Waals surface area (Å²) in [5, 5.41) is 0. The van der Waals surface area contributed by atoms with Crippen molar-refractivity contribution in [2.45, 2.75) is 31.1 Å². The second-order valence-corrected chi connectivity index (χ2v) is 11.9. The summed E-state index contributed by atoms with van der Waals surface area (Å²) in [7, 11) is -3.93. The van der Waals surface area contributed by atoms with E-state index in [0.717, 1.165) is 26.7 Å². The lowest BCUT2D eigenvalue weighted by Gasteiger charge is -2.43. The molecule has 0 bridgehead atoms. The number of nitrogens with zero attached hydrogens (tertiary/aromatic N) is 1. The number of ether oxygens (including phenoxy) is 1. The lowest BCUT2D eigenvalue weighted by Crippen LogP contribution is -2.51. The van der Waals surface area contributed by atoms with Crippen molar-refractivity contribution in [2.24, 2.45) is 5.41 Å². The Bertz CT molecular complexity index is 1420. The van der Waals surface area contributed by atoms with Crippen LogP contribution in [0.1, 0.15) is 36.0 Å². The van der Waals surface area contributed by atoms with Crippen LogP contribution in [0.25, 0.3) is 5.57 Å². The first-order chi connectivity index (χ1) is 16.8. The summed E-state index contributed by atoms with van der Waals surface area (Å²) in [4.78, 5) is 13.8. The predicted octanol–water partition coefficient (Wildman–Crippen LogP) is 6.09. The summed E-state index contributed by atoms with van der Waals surface area (Å²) < 4.78 is 35.7. The van der Waals surface area contributed by atoms with Crippen molar-refractivity contribution < 1.29 is 17.9 Å². The maximum Gasteiger partial charge on any atom is 0.318 e. The number of fused-ring (bicyclic) bond motifs is 3. The molecular weight excluding hydrogens is 526 g/mol. The standard InChI is InChI=1S/C28H26BrNO4S/c1-3-34-27(31)28-17-21(20-7-5-4-6-8-20)15-25(28)24-16-22(29)11-14-26(24)30(18-28)35(32,33)23-12-9-19(2)10-13-23/h4-14,16-17,25H,3,15,18H2,1-2H3/t25-,28+/m0/s1. The molecule has 2 aliphatic rings. The van der Waals surface area contributed by atoms with Gasteiger partial charge in [-0.05, 0) is 67.3 Å². The average Bonchev–Trinajstić information content (AvgIpc) is 3.26. The predicted molar refractivity (Wildman–Crippen MR) is 141 cm³/mol. The Morgan fingerprint density at radius 2 is 1.80 bits per heavy atom. The number of hydrogen-bond donors (Lipinski definition) is 0. The van der Waals surface area contributed by atoms with Crippen molar-refractivity contribution in [1.29, 1.82) is 0 Å². The number of allylic oxidation sites excluding steroid dienone is 1. The smallest absolute Gasteiger partial charge is 0.318 e.